The highest BCUT2D eigenvalue weighted by Crippen LogP contribution is 2.04. The summed E-state index contributed by atoms with van der Waals surface area (Å²) in [6.07, 6.45) is 1.48. The Labute approximate surface area is 152 Å². The van der Waals surface area contributed by atoms with Crippen LogP contribution in [0.4, 0.5) is 4.39 Å². The van der Waals surface area contributed by atoms with Gasteiger partial charge in [-0.2, -0.15) is 10.2 Å². The molecule has 9 heteroatoms. The molecule has 0 aliphatic carbocycles. The standard InChI is InChI=1S/C18H16FN5O3/c19-14-4-1-3-13(11-14)12-24-17(26)7-6-15(22-24)18(27)20-9-10-23-16(25)5-2-8-21-23/h1-8,11H,9-10,12H2,(H,20,27). The number of hydrogen-bond donors (Lipinski definition) is 1. The zero-order valence-electron chi connectivity index (χ0n) is 14.2. The minimum absolute atomic E-state index is 0.0411. The van der Waals surface area contributed by atoms with Crippen LogP contribution in [0.5, 0.6) is 0 Å². The van der Waals surface area contributed by atoms with E-state index in [0.29, 0.717) is 5.56 Å². The van der Waals surface area contributed by atoms with E-state index in [4.69, 9.17) is 0 Å². The van der Waals surface area contributed by atoms with Crippen molar-refractivity contribution in [3.8, 4) is 0 Å². The second-order valence-electron chi connectivity index (χ2n) is 5.69. The van der Waals surface area contributed by atoms with Gasteiger partial charge in [0.1, 0.15) is 11.5 Å². The molecule has 3 aromatic rings. The molecule has 0 unspecified atom stereocenters. The third kappa shape index (κ3) is 4.72. The zero-order valence-corrected chi connectivity index (χ0v) is 14.2. The first-order chi connectivity index (χ1) is 13.0. The molecule has 1 aromatic carbocycles. The van der Waals surface area contributed by atoms with E-state index < -0.39 is 17.3 Å². The van der Waals surface area contributed by atoms with Crippen molar-refractivity contribution in [2.45, 2.75) is 13.1 Å². The van der Waals surface area contributed by atoms with Gasteiger partial charge in [0.15, 0.2) is 0 Å². The third-order valence-electron chi connectivity index (χ3n) is 3.72. The first-order valence-corrected chi connectivity index (χ1v) is 8.16. The summed E-state index contributed by atoms with van der Waals surface area (Å²) in [5.41, 5.74) is -0.0829. The Morgan fingerprint density at radius 1 is 1.04 bits per heavy atom. The maximum absolute atomic E-state index is 13.3. The molecule has 138 valence electrons. The van der Waals surface area contributed by atoms with Gasteiger partial charge >= 0.3 is 0 Å². The van der Waals surface area contributed by atoms with Gasteiger partial charge in [0.25, 0.3) is 17.0 Å². The smallest absolute Gasteiger partial charge is 0.271 e. The molecule has 2 heterocycles. The maximum Gasteiger partial charge on any atom is 0.271 e. The highest BCUT2D eigenvalue weighted by atomic mass is 19.1. The van der Waals surface area contributed by atoms with E-state index in [0.717, 1.165) is 4.68 Å². The van der Waals surface area contributed by atoms with E-state index >= 15 is 0 Å². The van der Waals surface area contributed by atoms with E-state index in [1.807, 2.05) is 0 Å². The fraction of sp³-hybridized carbons (Fsp3) is 0.167. The van der Waals surface area contributed by atoms with Gasteiger partial charge < -0.3 is 5.32 Å². The first-order valence-electron chi connectivity index (χ1n) is 8.16. The number of nitrogens with zero attached hydrogens (tertiary/aromatic N) is 4. The minimum Gasteiger partial charge on any atom is -0.349 e. The van der Waals surface area contributed by atoms with Crippen molar-refractivity contribution in [2.75, 3.05) is 6.54 Å². The van der Waals surface area contributed by atoms with Crippen LogP contribution in [-0.4, -0.2) is 32.0 Å². The zero-order chi connectivity index (χ0) is 19.2. The van der Waals surface area contributed by atoms with E-state index in [1.165, 1.54) is 53.3 Å². The molecule has 8 nitrogen and oxygen atoms in total. The van der Waals surface area contributed by atoms with E-state index in [1.54, 1.807) is 6.07 Å². The molecule has 0 saturated carbocycles. The van der Waals surface area contributed by atoms with Crippen LogP contribution in [0.25, 0.3) is 0 Å². The van der Waals surface area contributed by atoms with Gasteiger partial charge in [0.05, 0.1) is 13.1 Å². The van der Waals surface area contributed by atoms with Gasteiger partial charge in [-0.1, -0.05) is 12.1 Å². The average Bonchev–Trinajstić information content (AvgIpc) is 2.65. The van der Waals surface area contributed by atoms with Crippen LogP contribution in [0, 0.1) is 5.82 Å². The molecule has 0 atom stereocenters. The van der Waals surface area contributed by atoms with Crippen LogP contribution in [0.3, 0.4) is 0 Å². The molecule has 1 N–H and O–H groups in total. The van der Waals surface area contributed by atoms with Gasteiger partial charge in [-0.05, 0) is 29.8 Å². The lowest BCUT2D eigenvalue weighted by molar-refractivity contribution is 0.0944. The highest BCUT2D eigenvalue weighted by Gasteiger charge is 2.10. The molecule has 0 bridgehead atoms. The van der Waals surface area contributed by atoms with Crippen molar-refractivity contribution < 1.29 is 9.18 Å². The van der Waals surface area contributed by atoms with Gasteiger partial charge in [0, 0.05) is 24.9 Å². The highest BCUT2D eigenvalue weighted by molar-refractivity contribution is 5.91. The Kier molecular flexibility index (Phi) is 5.50. The Bertz CT molecular complexity index is 1080. The number of benzene rings is 1. The van der Waals surface area contributed by atoms with Crippen LogP contribution in [0.1, 0.15) is 16.1 Å². The molecular formula is C18H16FN5O3. The molecule has 0 fully saturated rings. The second-order valence-corrected chi connectivity index (χ2v) is 5.69. The Balaban J connectivity index is 1.67. The summed E-state index contributed by atoms with van der Waals surface area (Å²) in [6.45, 7) is 0.413. The van der Waals surface area contributed by atoms with Crippen molar-refractivity contribution in [1.29, 1.82) is 0 Å². The minimum atomic E-state index is -0.494. The first kappa shape index (κ1) is 18.2. The number of hydrogen-bond acceptors (Lipinski definition) is 5. The normalized spacial score (nSPS) is 10.6. The van der Waals surface area contributed by atoms with Crippen molar-refractivity contribution in [3.63, 3.8) is 0 Å². The van der Waals surface area contributed by atoms with Crippen molar-refractivity contribution in [2.24, 2.45) is 0 Å². The van der Waals surface area contributed by atoms with Crippen molar-refractivity contribution >= 4 is 5.91 Å². The summed E-state index contributed by atoms with van der Waals surface area (Å²) < 4.78 is 15.6. The maximum atomic E-state index is 13.3. The topological polar surface area (TPSA) is 98.9 Å². The SMILES string of the molecule is O=C(NCCn1ncccc1=O)c1ccc(=O)n(Cc2cccc(F)c2)n1. The Morgan fingerprint density at radius 2 is 1.85 bits per heavy atom. The number of rotatable bonds is 6. The molecule has 27 heavy (non-hydrogen) atoms. The monoisotopic (exact) mass is 369 g/mol. The Hall–Kier alpha value is -3.62. The molecule has 1 amide bonds. The quantitative estimate of drug-likeness (QED) is 0.679. The van der Waals surface area contributed by atoms with E-state index in [-0.39, 0.29) is 30.9 Å². The summed E-state index contributed by atoms with van der Waals surface area (Å²) in [5.74, 6) is -0.911. The predicted octanol–water partition coefficient (Wildman–Crippen LogP) is 0.417. The van der Waals surface area contributed by atoms with Crippen molar-refractivity contribution in [1.82, 2.24) is 24.9 Å². The summed E-state index contributed by atoms with van der Waals surface area (Å²) in [4.78, 5) is 35.7. The molecular weight excluding hydrogens is 353 g/mol. The number of aromatic nitrogens is 4. The third-order valence-corrected chi connectivity index (χ3v) is 3.72. The van der Waals surface area contributed by atoms with Gasteiger partial charge in [0.2, 0.25) is 0 Å². The number of nitrogens with one attached hydrogen (secondary N) is 1. The fourth-order valence-corrected chi connectivity index (χ4v) is 2.41. The predicted molar refractivity (Wildman–Crippen MR) is 94.8 cm³/mol. The molecule has 3 rings (SSSR count). The van der Waals surface area contributed by atoms with Crippen LogP contribution in [0.2, 0.25) is 0 Å². The molecule has 2 aromatic heterocycles. The second kappa shape index (κ2) is 8.17. The van der Waals surface area contributed by atoms with Gasteiger partial charge in [-0.3, -0.25) is 14.4 Å². The number of amides is 1. The lowest BCUT2D eigenvalue weighted by atomic mass is 10.2. The number of carbonyl (C=O) groups is 1. The van der Waals surface area contributed by atoms with E-state index in [2.05, 4.69) is 15.5 Å². The summed E-state index contributed by atoms with van der Waals surface area (Å²) in [5, 5.41) is 10.5. The van der Waals surface area contributed by atoms with Crippen LogP contribution < -0.4 is 16.4 Å². The lowest BCUT2D eigenvalue weighted by Gasteiger charge is -2.08. The van der Waals surface area contributed by atoms with Gasteiger partial charge in [-0.25, -0.2) is 13.8 Å². The number of halogens is 1. The van der Waals surface area contributed by atoms with Gasteiger partial charge in [-0.15, -0.1) is 0 Å². The van der Waals surface area contributed by atoms with Crippen molar-refractivity contribution in [3.05, 3.63) is 92.5 Å². The summed E-state index contributed by atoms with van der Waals surface area (Å²) in [6, 6.07) is 11.2. The molecule has 0 aliphatic rings. The van der Waals surface area contributed by atoms with Crippen LogP contribution in [0.15, 0.2) is 64.3 Å². The summed E-state index contributed by atoms with van der Waals surface area (Å²) in [7, 11) is 0. The lowest BCUT2D eigenvalue weighted by Crippen LogP contribution is -2.33. The fourth-order valence-electron chi connectivity index (χ4n) is 2.41. The number of carbonyl (C=O) groups excluding carboxylic acids is 1. The average molecular weight is 369 g/mol. The molecule has 0 radical (unpaired) electrons. The molecule has 0 aliphatic heterocycles. The molecule has 0 saturated heterocycles. The van der Waals surface area contributed by atoms with E-state index in [9.17, 15) is 18.8 Å². The van der Waals surface area contributed by atoms with Crippen LogP contribution in [-0.2, 0) is 13.1 Å². The largest absolute Gasteiger partial charge is 0.349 e. The van der Waals surface area contributed by atoms with Crippen LogP contribution >= 0.6 is 0 Å². The summed E-state index contributed by atoms with van der Waals surface area (Å²) >= 11 is 0. The Morgan fingerprint density at radius 3 is 2.63 bits per heavy atom. The molecule has 0 spiro atoms.